The number of nitrogens with zero attached hydrogens (tertiary/aromatic N) is 2. The van der Waals surface area contributed by atoms with Gasteiger partial charge in [0.15, 0.2) is 11.5 Å². The van der Waals surface area contributed by atoms with E-state index in [1.807, 2.05) is 0 Å². The Kier molecular flexibility index (Phi) is 4.46. The standard InChI is InChI=1S/C14H21N3O3/c1-16-5-7-17(8-6-16)13(14(15)19)10-3-4-11(18)12(9-10)20-2/h3-4,9,13,18H,5-8H2,1-2H3,(H2,15,19). The fourth-order valence-corrected chi connectivity index (χ4v) is 2.50. The fraction of sp³-hybridized carbons (Fsp3) is 0.500. The van der Waals surface area contributed by atoms with Crippen LogP contribution < -0.4 is 10.5 Å². The lowest BCUT2D eigenvalue weighted by atomic mass is 10.0. The maximum absolute atomic E-state index is 11.8. The second kappa shape index (κ2) is 6.11. The first-order chi connectivity index (χ1) is 9.52. The lowest BCUT2D eigenvalue weighted by Gasteiger charge is -2.36. The molecule has 0 aromatic heterocycles. The highest BCUT2D eigenvalue weighted by Crippen LogP contribution is 2.31. The van der Waals surface area contributed by atoms with Crippen molar-refractivity contribution in [2.24, 2.45) is 5.73 Å². The predicted octanol–water partition coefficient (Wildman–Crippen LogP) is 0.175. The molecule has 1 aliphatic heterocycles. The topological polar surface area (TPSA) is 79.0 Å². The van der Waals surface area contributed by atoms with Crippen LogP contribution in [-0.4, -0.2) is 61.2 Å². The van der Waals surface area contributed by atoms with Crippen molar-refractivity contribution in [3.05, 3.63) is 23.8 Å². The molecule has 2 rings (SSSR count). The number of hydrogen-bond donors (Lipinski definition) is 2. The van der Waals surface area contributed by atoms with E-state index in [0.29, 0.717) is 5.75 Å². The highest BCUT2D eigenvalue weighted by atomic mass is 16.5. The number of nitrogens with two attached hydrogens (primary N) is 1. The maximum Gasteiger partial charge on any atom is 0.239 e. The first-order valence-electron chi connectivity index (χ1n) is 6.61. The predicted molar refractivity (Wildman–Crippen MR) is 75.7 cm³/mol. The highest BCUT2D eigenvalue weighted by Gasteiger charge is 2.28. The average Bonchev–Trinajstić information content (AvgIpc) is 2.42. The zero-order valence-corrected chi connectivity index (χ0v) is 11.9. The molecule has 1 amide bonds. The molecule has 1 aliphatic rings. The number of benzene rings is 1. The molecule has 1 atom stereocenters. The quantitative estimate of drug-likeness (QED) is 0.821. The number of ether oxygens (including phenoxy) is 1. The second-order valence-corrected chi connectivity index (χ2v) is 5.08. The highest BCUT2D eigenvalue weighted by molar-refractivity contribution is 5.81. The number of carbonyl (C=O) groups excluding carboxylic acids is 1. The summed E-state index contributed by atoms with van der Waals surface area (Å²) in [6.45, 7) is 3.37. The molecule has 110 valence electrons. The number of rotatable bonds is 4. The number of carbonyl (C=O) groups is 1. The number of phenolic OH excluding ortho intramolecular Hbond substituents is 1. The van der Waals surface area contributed by atoms with Crippen LogP contribution in [0.15, 0.2) is 18.2 Å². The van der Waals surface area contributed by atoms with Gasteiger partial charge in [-0.25, -0.2) is 0 Å². The van der Waals surface area contributed by atoms with Crippen molar-refractivity contribution < 1.29 is 14.6 Å². The Hall–Kier alpha value is -1.79. The van der Waals surface area contributed by atoms with Gasteiger partial charge in [-0.15, -0.1) is 0 Å². The van der Waals surface area contributed by atoms with E-state index < -0.39 is 6.04 Å². The lowest BCUT2D eigenvalue weighted by Crippen LogP contribution is -2.49. The van der Waals surface area contributed by atoms with E-state index >= 15 is 0 Å². The number of amides is 1. The molecule has 0 spiro atoms. The van der Waals surface area contributed by atoms with Gasteiger partial charge in [0.2, 0.25) is 5.91 Å². The molecule has 1 unspecified atom stereocenters. The molecule has 1 aromatic rings. The number of aromatic hydroxyl groups is 1. The fourth-order valence-electron chi connectivity index (χ4n) is 2.50. The van der Waals surface area contributed by atoms with E-state index in [4.69, 9.17) is 10.5 Å². The van der Waals surface area contributed by atoms with Crippen LogP contribution in [0.1, 0.15) is 11.6 Å². The molecule has 3 N–H and O–H groups in total. The van der Waals surface area contributed by atoms with Crippen LogP contribution in [0.2, 0.25) is 0 Å². The Balaban J connectivity index is 2.26. The molecule has 0 saturated carbocycles. The van der Waals surface area contributed by atoms with Gasteiger partial charge in [0.05, 0.1) is 7.11 Å². The number of hydrogen-bond acceptors (Lipinski definition) is 5. The van der Waals surface area contributed by atoms with Crippen molar-refractivity contribution in [2.75, 3.05) is 40.3 Å². The molecule has 0 radical (unpaired) electrons. The molecule has 20 heavy (non-hydrogen) atoms. The third kappa shape index (κ3) is 3.02. The summed E-state index contributed by atoms with van der Waals surface area (Å²) in [5.41, 5.74) is 6.31. The smallest absolute Gasteiger partial charge is 0.239 e. The minimum Gasteiger partial charge on any atom is -0.504 e. The van der Waals surface area contributed by atoms with E-state index in [1.165, 1.54) is 13.2 Å². The van der Waals surface area contributed by atoms with E-state index in [2.05, 4.69) is 16.8 Å². The Morgan fingerprint density at radius 3 is 2.55 bits per heavy atom. The minimum atomic E-state index is -0.488. The summed E-state index contributed by atoms with van der Waals surface area (Å²) in [6, 6.07) is 4.42. The third-order valence-corrected chi connectivity index (χ3v) is 3.69. The number of phenols is 1. The largest absolute Gasteiger partial charge is 0.504 e. The Morgan fingerprint density at radius 2 is 2.00 bits per heavy atom. The third-order valence-electron chi connectivity index (χ3n) is 3.69. The first-order valence-corrected chi connectivity index (χ1v) is 6.61. The summed E-state index contributed by atoms with van der Waals surface area (Å²) >= 11 is 0. The molecule has 0 bridgehead atoms. The summed E-state index contributed by atoms with van der Waals surface area (Å²) in [4.78, 5) is 16.1. The molecule has 1 saturated heterocycles. The summed E-state index contributed by atoms with van der Waals surface area (Å²) in [5.74, 6) is 0.0167. The molecule has 1 fully saturated rings. The summed E-state index contributed by atoms with van der Waals surface area (Å²) in [5, 5.41) is 9.64. The van der Waals surface area contributed by atoms with Crippen molar-refractivity contribution in [3.63, 3.8) is 0 Å². The molecular weight excluding hydrogens is 258 g/mol. The molecule has 0 aliphatic carbocycles. The van der Waals surface area contributed by atoms with Gasteiger partial charge in [0, 0.05) is 26.2 Å². The Bertz CT molecular complexity index is 485. The maximum atomic E-state index is 11.8. The Labute approximate surface area is 118 Å². The monoisotopic (exact) mass is 279 g/mol. The van der Waals surface area contributed by atoms with Gasteiger partial charge >= 0.3 is 0 Å². The lowest BCUT2D eigenvalue weighted by molar-refractivity contribution is -0.124. The van der Waals surface area contributed by atoms with Crippen molar-refractivity contribution >= 4 is 5.91 Å². The van der Waals surface area contributed by atoms with Gasteiger partial charge in [-0.3, -0.25) is 9.69 Å². The van der Waals surface area contributed by atoms with Crippen LogP contribution in [0.4, 0.5) is 0 Å². The number of primary amides is 1. The molecule has 6 heteroatoms. The van der Waals surface area contributed by atoms with Crippen LogP contribution in [0.25, 0.3) is 0 Å². The van der Waals surface area contributed by atoms with E-state index in [-0.39, 0.29) is 11.7 Å². The van der Waals surface area contributed by atoms with Gasteiger partial charge in [0.1, 0.15) is 6.04 Å². The van der Waals surface area contributed by atoms with E-state index in [9.17, 15) is 9.90 Å². The van der Waals surface area contributed by atoms with Crippen molar-refractivity contribution in [3.8, 4) is 11.5 Å². The van der Waals surface area contributed by atoms with Gasteiger partial charge in [-0.05, 0) is 24.7 Å². The van der Waals surface area contributed by atoms with Crippen LogP contribution in [0.3, 0.4) is 0 Å². The zero-order valence-electron chi connectivity index (χ0n) is 11.9. The van der Waals surface area contributed by atoms with Gasteiger partial charge in [-0.2, -0.15) is 0 Å². The van der Waals surface area contributed by atoms with Crippen molar-refractivity contribution in [2.45, 2.75) is 6.04 Å². The second-order valence-electron chi connectivity index (χ2n) is 5.08. The molecular formula is C14H21N3O3. The van der Waals surface area contributed by atoms with E-state index in [1.54, 1.807) is 12.1 Å². The van der Waals surface area contributed by atoms with Crippen LogP contribution >= 0.6 is 0 Å². The Morgan fingerprint density at radius 1 is 1.35 bits per heavy atom. The van der Waals surface area contributed by atoms with Gasteiger partial charge < -0.3 is 20.5 Å². The summed E-state index contributed by atoms with van der Waals surface area (Å²) < 4.78 is 5.09. The SMILES string of the molecule is COc1cc(C(C(N)=O)N2CCN(C)CC2)ccc1O. The number of likely N-dealkylation sites (N-methyl/N-ethyl adjacent to an activating group) is 1. The molecule has 6 nitrogen and oxygen atoms in total. The van der Waals surface area contributed by atoms with Gasteiger partial charge in [-0.1, -0.05) is 6.07 Å². The normalized spacial score (nSPS) is 18.7. The minimum absolute atomic E-state index is 0.0536. The van der Waals surface area contributed by atoms with Crippen molar-refractivity contribution in [1.29, 1.82) is 0 Å². The van der Waals surface area contributed by atoms with Crippen LogP contribution in [0.5, 0.6) is 11.5 Å². The molecule has 1 heterocycles. The first kappa shape index (κ1) is 14.6. The van der Waals surface area contributed by atoms with Crippen LogP contribution in [0, 0.1) is 0 Å². The molecule has 1 aromatic carbocycles. The number of methoxy groups -OCH3 is 1. The average molecular weight is 279 g/mol. The number of piperazine rings is 1. The summed E-state index contributed by atoms with van der Waals surface area (Å²) in [7, 11) is 3.54. The van der Waals surface area contributed by atoms with Crippen LogP contribution in [-0.2, 0) is 4.79 Å². The van der Waals surface area contributed by atoms with Gasteiger partial charge in [0.25, 0.3) is 0 Å². The van der Waals surface area contributed by atoms with E-state index in [0.717, 1.165) is 31.7 Å². The van der Waals surface area contributed by atoms with Crippen molar-refractivity contribution in [1.82, 2.24) is 9.80 Å². The summed E-state index contributed by atoms with van der Waals surface area (Å²) in [6.07, 6.45) is 0. The zero-order chi connectivity index (χ0) is 14.7.